The number of allylic oxidation sites excluding steroid dienone is 4. The summed E-state index contributed by atoms with van der Waals surface area (Å²) in [5.41, 5.74) is 6.94. The third-order valence-electron chi connectivity index (χ3n) is 5.16. The second kappa shape index (κ2) is 8.06. The number of hydrogen-bond acceptors (Lipinski definition) is 5. The van der Waals surface area contributed by atoms with E-state index in [-0.39, 0.29) is 17.5 Å². The first kappa shape index (κ1) is 19.2. The molecule has 0 saturated carbocycles. The first-order chi connectivity index (χ1) is 14.0. The fourth-order valence-electron chi connectivity index (χ4n) is 3.63. The Balaban J connectivity index is 1.56. The van der Waals surface area contributed by atoms with Gasteiger partial charge in [-0.1, -0.05) is 6.08 Å². The predicted molar refractivity (Wildman–Crippen MR) is 107 cm³/mol. The predicted octanol–water partition coefficient (Wildman–Crippen LogP) is 4.35. The molecule has 1 aliphatic heterocycles. The van der Waals surface area contributed by atoms with Gasteiger partial charge in [-0.3, -0.25) is 4.79 Å². The normalized spacial score (nSPS) is 21.7. The van der Waals surface area contributed by atoms with Crippen molar-refractivity contribution in [1.82, 2.24) is 4.98 Å². The smallest absolute Gasteiger partial charge is 0.273 e. The molecule has 8 heteroatoms. The lowest BCUT2D eigenvalue weighted by molar-refractivity contribution is 0.0996. The van der Waals surface area contributed by atoms with Crippen molar-refractivity contribution in [2.45, 2.75) is 31.4 Å². The van der Waals surface area contributed by atoms with Gasteiger partial charge < -0.3 is 20.4 Å². The molecule has 152 valence electrons. The van der Waals surface area contributed by atoms with E-state index in [1.807, 2.05) is 24.3 Å². The second-order valence-corrected chi connectivity index (χ2v) is 7.17. The zero-order chi connectivity index (χ0) is 20.4. The van der Waals surface area contributed by atoms with Crippen molar-refractivity contribution >= 4 is 23.2 Å². The first-order valence-corrected chi connectivity index (χ1v) is 9.63. The number of amides is 1. The van der Waals surface area contributed by atoms with E-state index in [0.717, 1.165) is 24.9 Å². The molecular weight excluding hydrogens is 378 g/mol. The zero-order valence-corrected chi connectivity index (χ0v) is 15.8. The molecule has 2 heterocycles. The van der Waals surface area contributed by atoms with Gasteiger partial charge in [-0.2, -0.15) is 0 Å². The average Bonchev–Trinajstić information content (AvgIpc) is 3.13. The lowest BCUT2D eigenvalue weighted by atomic mass is 9.97. The van der Waals surface area contributed by atoms with Crippen LogP contribution in [0.3, 0.4) is 0 Å². The van der Waals surface area contributed by atoms with Crippen molar-refractivity contribution in [2.75, 3.05) is 23.3 Å². The van der Waals surface area contributed by atoms with Gasteiger partial charge in [0, 0.05) is 24.5 Å². The molecular formula is C21H22F2N4O2. The molecule has 1 saturated heterocycles. The maximum atomic E-state index is 14.2. The minimum atomic E-state index is -1.64. The van der Waals surface area contributed by atoms with Crippen LogP contribution in [0.15, 0.2) is 52.7 Å². The van der Waals surface area contributed by atoms with Crippen LogP contribution in [0.25, 0.3) is 0 Å². The minimum Gasteiger partial charge on any atom is -0.423 e. The van der Waals surface area contributed by atoms with Gasteiger partial charge in [-0.15, -0.1) is 0 Å². The summed E-state index contributed by atoms with van der Waals surface area (Å²) in [5.74, 6) is -3.19. The Kier molecular flexibility index (Phi) is 5.33. The van der Waals surface area contributed by atoms with Gasteiger partial charge in [-0.05, 0) is 55.7 Å². The lowest BCUT2D eigenvalue weighted by Gasteiger charge is -2.28. The Morgan fingerprint density at radius 2 is 1.93 bits per heavy atom. The van der Waals surface area contributed by atoms with Crippen molar-refractivity contribution in [3.8, 4) is 0 Å². The van der Waals surface area contributed by atoms with Crippen LogP contribution in [0.5, 0.6) is 0 Å². The average molecular weight is 400 g/mol. The van der Waals surface area contributed by atoms with Gasteiger partial charge in [0.2, 0.25) is 11.8 Å². The summed E-state index contributed by atoms with van der Waals surface area (Å²) in [6, 6.07) is 7.64. The number of alkyl halides is 1. The van der Waals surface area contributed by atoms with Gasteiger partial charge in [0.25, 0.3) is 5.91 Å². The number of rotatable bonds is 5. The van der Waals surface area contributed by atoms with Gasteiger partial charge in [-0.25, -0.2) is 13.8 Å². The minimum absolute atomic E-state index is 0.0345. The molecule has 0 spiro atoms. The number of nitrogens with two attached hydrogens (primary N) is 1. The molecule has 2 atom stereocenters. The summed E-state index contributed by atoms with van der Waals surface area (Å²) < 4.78 is 33.8. The highest BCUT2D eigenvalue weighted by Gasteiger charge is 2.34. The van der Waals surface area contributed by atoms with Gasteiger partial charge in [0.1, 0.15) is 17.9 Å². The number of carbonyl (C=O) groups excluding carboxylic acids is 1. The molecule has 1 fully saturated rings. The maximum Gasteiger partial charge on any atom is 0.273 e. The molecule has 2 aromatic rings. The Bertz CT molecular complexity index is 946. The number of carbonyl (C=O) groups is 1. The van der Waals surface area contributed by atoms with E-state index in [2.05, 4.69) is 15.2 Å². The number of halogens is 2. The summed E-state index contributed by atoms with van der Waals surface area (Å²) in [5, 5.41) is 2.94. The van der Waals surface area contributed by atoms with Crippen LogP contribution in [0.2, 0.25) is 0 Å². The molecule has 3 N–H and O–H groups in total. The van der Waals surface area contributed by atoms with Crippen molar-refractivity contribution in [3.05, 3.63) is 59.9 Å². The van der Waals surface area contributed by atoms with Crippen molar-refractivity contribution in [2.24, 2.45) is 5.73 Å². The summed E-state index contributed by atoms with van der Waals surface area (Å²) in [6.07, 6.45) is 5.61. The monoisotopic (exact) mass is 400 g/mol. The number of benzene rings is 1. The van der Waals surface area contributed by atoms with Crippen LogP contribution >= 0.6 is 0 Å². The molecule has 1 aliphatic carbocycles. The van der Waals surface area contributed by atoms with E-state index in [4.69, 9.17) is 10.2 Å². The molecule has 2 aliphatic rings. The van der Waals surface area contributed by atoms with Crippen LogP contribution in [0.4, 0.5) is 26.0 Å². The van der Waals surface area contributed by atoms with Crippen molar-refractivity contribution in [3.63, 3.8) is 0 Å². The summed E-state index contributed by atoms with van der Waals surface area (Å²) in [6.45, 7) is 2.06. The van der Waals surface area contributed by atoms with E-state index >= 15 is 0 Å². The van der Waals surface area contributed by atoms with Crippen LogP contribution < -0.4 is 16.0 Å². The van der Waals surface area contributed by atoms with E-state index in [9.17, 15) is 13.6 Å². The number of anilines is 3. The zero-order valence-electron chi connectivity index (χ0n) is 15.8. The Hall–Kier alpha value is -3.16. The van der Waals surface area contributed by atoms with Gasteiger partial charge in [0.15, 0.2) is 5.69 Å². The van der Waals surface area contributed by atoms with Crippen molar-refractivity contribution < 1.29 is 18.0 Å². The van der Waals surface area contributed by atoms with Crippen LogP contribution in [0, 0.1) is 0 Å². The number of oxazole rings is 1. The number of nitrogens with one attached hydrogen (secondary N) is 1. The molecule has 4 rings (SSSR count). The quantitative estimate of drug-likeness (QED) is 0.779. The summed E-state index contributed by atoms with van der Waals surface area (Å²) in [7, 11) is 0. The molecule has 1 amide bonds. The molecule has 1 aromatic carbocycles. The second-order valence-electron chi connectivity index (χ2n) is 7.17. The first-order valence-electron chi connectivity index (χ1n) is 9.63. The highest BCUT2D eigenvalue weighted by molar-refractivity contribution is 5.96. The van der Waals surface area contributed by atoms with Crippen molar-refractivity contribution in [1.29, 1.82) is 0 Å². The van der Waals surface area contributed by atoms with E-state index in [1.165, 1.54) is 31.4 Å². The number of piperidine rings is 1. The molecule has 29 heavy (non-hydrogen) atoms. The Morgan fingerprint density at radius 3 is 2.59 bits per heavy atom. The van der Waals surface area contributed by atoms with Gasteiger partial charge in [0.05, 0.1) is 0 Å². The molecule has 0 bridgehead atoms. The summed E-state index contributed by atoms with van der Waals surface area (Å²) in [4.78, 5) is 18.0. The number of aromatic nitrogens is 1. The highest BCUT2D eigenvalue weighted by Crippen LogP contribution is 2.36. The van der Waals surface area contributed by atoms with Gasteiger partial charge >= 0.3 is 0 Å². The fourth-order valence-corrected chi connectivity index (χ4v) is 3.63. The Morgan fingerprint density at radius 1 is 1.21 bits per heavy atom. The third kappa shape index (κ3) is 4.01. The molecule has 6 nitrogen and oxygen atoms in total. The standard InChI is InChI=1S/C21H22F2N4O2/c22-15-5-4-6-16(23)17(15)20-26-18(19(24)28)21(29-20)25-13-7-9-14(10-8-13)27-11-2-1-3-12-27/h4-10,15,17,25H,1-3,11-12H2,(H2,24,28). The fraction of sp³-hybridized carbons (Fsp3) is 0.333. The largest absolute Gasteiger partial charge is 0.423 e. The number of nitrogens with zero attached hydrogens (tertiary/aromatic N) is 2. The van der Waals surface area contributed by atoms with E-state index < -0.39 is 23.8 Å². The maximum absolute atomic E-state index is 14.2. The molecule has 0 radical (unpaired) electrons. The van der Waals surface area contributed by atoms with Crippen LogP contribution in [-0.4, -0.2) is 30.2 Å². The molecule has 2 unspecified atom stereocenters. The van der Waals surface area contributed by atoms with E-state index in [0.29, 0.717) is 5.69 Å². The van der Waals surface area contributed by atoms with Crippen LogP contribution in [0.1, 0.15) is 41.6 Å². The number of hydrogen-bond donors (Lipinski definition) is 2. The van der Waals surface area contributed by atoms with Crippen LogP contribution in [-0.2, 0) is 0 Å². The van der Waals surface area contributed by atoms with E-state index in [1.54, 1.807) is 0 Å². The number of primary amides is 1. The highest BCUT2D eigenvalue weighted by atomic mass is 19.1. The SMILES string of the molecule is NC(=O)c1nc(C2C(F)=CC=CC2F)oc1Nc1ccc(N2CCCCC2)cc1. The topological polar surface area (TPSA) is 84.4 Å². The summed E-state index contributed by atoms with van der Waals surface area (Å²) >= 11 is 0. The third-order valence-corrected chi connectivity index (χ3v) is 5.16. The lowest BCUT2D eigenvalue weighted by Crippen LogP contribution is -2.29. The Labute approximate surface area is 167 Å². The molecule has 1 aromatic heterocycles.